The number of hydrazine groups is 1. The quantitative estimate of drug-likeness (QED) is 0.405. The molecule has 0 atom stereocenters. The summed E-state index contributed by atoms with van der Waals surface area (Å²) in [6.07, 6.45) is 0. The van der Waals surface area contributed by atoms with Gasteiger partial charge in [0.15, 0.2) is 0 Å². The lowest BCUT2D eigenvalue weighted by molar-refractivity contribution is -0.385. The lowest BCUT2D eigenvalue weighted by Crippen LogP contribution is -2.47. The van der Waals surface area contributed by atoms with Gasteiger partial charge in [0.25, 0.3) is 35.0 Å². The van der Waals surface area contributed by atoms with Crippen LogP contribution < -0.4 is 10.9 Å². The Labute approximate surface area is 166 Å². The Morgan fingerprint density at radius 1 is 0.867 bits per heavy atom. The largest absolute Gasteiger partial charge is 0.271 e. The molecule has 0 spiro atoms. The molecule has 2 N–H and O–H groups in total. The van der Waals surface area contributed by atoms with Gasteiger partial charge in [-0.3, -0.25) is 55.2 Å². The van der Waals surface area contributed by atoms with Crippen molar-refractivity contribution in [2.75, 3.05) is 6.54 Å². The average molecular weight is 413 g/mol. The summed E-state index contributed by atoms with van der Waals surface area (Å²) >= 11 is 0. The molecule has 1 aliphatic rings. The first-order chi connectivity index (χ1) is 14.2. The van der Waals surface area contributed by atoms with Crippen molar-refractivity contribution in [3.63, 3.8) is 0 Å². The van der Waals surface area contributed by atoms with Crippen LogP contribution in [0.1, 0.15) is 31.1 Å². The van der Waals surface area contributed by atoms with Crippen molar-refractivity contribution in [1.82, 2.24) is 15.8 Å². The van der Waals surface area contributed by atoms with Gasteiger partial charge in [0.2, 0.25) is 0 Å². The zero-order valence-electron chi connectivity index (χ0n) is 14.9. The molecule has 2 aromatic rings. The Morgan fingerprint density at radius 3 is 2.17 bits per heavy atom. The zero-order valence-corrected chi connectivity index (χ0v) is 14.9. The van der Waals surface area contributed by atoms with Crippen molar-refractivity contribution in [1.29, 1.82) is 0 Å². The van der Waals surface area contributed by atoms with Gasteiger partial charge in [0.05, 0.1) is 21.0 Å². The highest BCUT2D eigenvalue weighted by atomic mass is 16.6. The highest BCUT2D eigenvalue weighted by molar-refractivity contribution is 6.22. The smallest absolute Gasteiger partial charge is 0.270 e. The van der Waals surface area contributed by atoms with Crippen molar-refractivity contribution in [2.45, 2.75) is 0 Å². The number of carbonyl (C=O) groups is 4. The number of carbonyl (C=O) groups excluding carboxylic acids is 4. The summed E-state index contributed by atoms with van der Waals surface area (Å²) in [5, 5.41) is 21.6. The van der Waals surface area contributed by atoms with Crippen molar-refractivity contribution >= 4 is 35.0 Å². The van der Waals surface area contributed by atoms with E-state index in [1.807, 2.05) is 10.9 Å². The highest BCUT2D eigenvalue weighted by Crippen LogP contribution is 2.26. The lowest BCUT2D eigenvalue weighted by Gasteiger charge is -2.14. The van der Waals surface area contributed by atoms with E-state index in [-0.39, 0.29) is 28.1 Å². The predicted octanol–water partition coefficient (Wildman–Crippen LogP) is 0.560. The van der Waals surface area contributed by atoms with Crippen LogP contribution in [0, 0.1) is 20.2 Å². The fraction of sp³-hybridized carbons (Fsp3) is 0.0588. The molecule has 2 aromatic carbocycles. The van der Waals surface area contributed by atoms with E-state index in [0.29, 0.717) is 4.90 Å². The van der Waals surface area contributed by atoms with E-state index in [2.05, 4.69) is 0 Å². The van der Waals surface area contributed by atoms with E-state index >= 15 is 0 Å². The van der Waals surface area contributed by atoms with Crippen LogP contribution in [-0.2, 0) is 4.79 Å². The number of imide groups is 1. The molecule has 1 heterocycles. The van der Waals surface area contributed by atoms with Crippen LogP contribution in [0.2, 0.25) is 0 Å². The number of hydrogen-bond acceptors (Lipinski definition) is 8. The van der Waals surface area contributed by atoms with E-state index in [0.717, 1.165) is 24.3 Å². The van der Waals surface area contributed by atoms with Crippen LogP contribution in [0.3, 0.4) is 0 Å². The van der Waals surface area contributed by atoms with Crippen LogP contribution in [0.5, 0.6) is 0 Å². The molecule has 0 unspecified atom stereocenters. The number of fused-ring (bicyclic) bond motifs is 1. The monoisotopic (exact) mass is 413 g/mol. The van der Waals surface area contributed by atoms with Crippen LogP contribution in [0.15, 0.2) is 42.5 Å². The van der Waals surface area contributed by atoms with E-state index in [1.165, 1.54) is 18.2 Å². The predicted molar refractivity (Wildman–Crippen MR) is 97.2 cm³/mol. The second-order valence-corrected chi connectivity index (χ2v) is 5.99. The van der Waals surface area contributed by atoms with Crippen molar-refractivity contribution in [2.24, 2.45) is 0 Å². The number of non-ortho nitro benzene ring substituents is 2. The molecule has 152 valence electrons. The topological polar surface area (TPSA) is 182 Å². The fourth-order valence-electron chi connectivity index (χ4n) is 2.68. The summed E-state index contributed by atoms with van der Waals surface area (Å²) in [7, 11) is 0. The van der Waals surface area contributed by atoms with E-state index in [1.54, 1.807) is 0 Å². The fourth-order valence-corrected chi connectivity index (χ4v) is 2.68. The number of hydrogen-bond donors (Lipinski definition) is 2. The molecule has 0 saturated carbocycles. The van der Waals surface area contributed by atoms with Crippen LogP contribution in [0.25, 0.3) is 0 Å². The van der Waals surface area contributed by atoms with E-state index in [9.17, 15) is 39.4 Å². The van der Waals surface area contributed by atoms with Gasteiger partial charge in [-0.1, -0.05) is 6.07 Å². The summed E-state index contributed by atoms with van der Waals surface area (Å²) < 4.78 is 0. The van der Waals surface area contributed by atoms with Crippen LogP contribution in [0.4, 0.5) is 11.4 Å². The van der Waals surface area contributed by atoms with Crippen LogP contribution >= 0.6 is 0 Å². The molecular formula is C17H11N5O8. The van der Waals surface area contributed by atoms with Crippen molar-refractivity contribution < 1.29 is 29.0 Å². The second-order valence-electron chi connectivity index (χ2n) is 5.99. The summed E-state index contributed by atoms with van der Waals surface area (Å²) in [6.45, 7) is -0.755. The maximum Gasteiger partial charge on any atom is 0.270 e. The number of nitro benzene ring substituents is 2. The molecule has 0 saturated heterocycles. The summed E-state index contributed by atoms with van der Waals surface area (Å²) in [5.41, 5.74) is 2.91. The van der Waals surface area contributed by atoms with Crippen LogP contribution in [-0.4, -0.2) is 44.9 Å². The summed E-state index contributed by atoms with van der Waals surface area (Å²) in [5.74, 6) is -3.49. The average Bonchev–Trinajstić information content (AvgIpc) is 2.96. The molecule has 13 heteroatoms. The number of benzene rings is 2. The van der Waals surface area contributed by atoms with Gasteiger partial charge in [0.1, 0.15) is 6.54 Å². The Balaban J connectivity index is 1.64. The maximum atomic E-state index is 12.3. The zero-order chi connectivity index (χ0) is 22.0. The van der Waals surface area contributed by atoms with Gasteiger partial charge in [-0.15, -0.1) is 0 Å². The Kier molecular flexibility index (Phi) is 5.18. The second kappa shape index (κ2) is 7.75. The number of amides is 4. The summed E-state index contributed by atoms with van der Waals surface area (Å²) in [4.78, 5) is 69.4. The van der Waals surface area contributed by atoms with Gasteiger partial charge in [-0.25, -0.2) is 0 Å². The third-order valence-electron chi connectivity index (χ3n) is 4.10. The third-order valence-corrected chi connectivity index (χ3v) is 4.10. The van der Waals surface area contributed by atoms with Crippen molar-refractivity contribution in [3.05, 3.63) is 79.4 Å². The first kappa shape index (κ1) is 20.1. The van der Waals surface area contributed by atoms with Gasteiger partial charge in [0, 0.05) is 29.8 Å². The molecule has 0 bridgehead atoms. The summed E-state index contributed by atoms with van der Waals surface area (Å²) in [6, 6.07) is 7.87. The molecule has 4 amide bonds. The maximum absolute atomic E-state index is 12.3. The Morgan fingerprint density at radius 2 is 1.50 bits per heavy atom. The highest BCUT2D eigenvalue weighted by Gasteiger charge is 2.37. The number of nitrogens with one attached hydrogen (secondary N) is 2. The molecule has 30 heavy (non-hydrogen) atoms. The molecular weight excluding hydrogens is 402 g/mol. The molecule has 0 fully saturated rings. The lowest BCUT2D eigenvalue weighted by atomic mass is 10.1. The van der Waals surface area contributed by atoms with E-state index < -0.39 is 40.0 Å². The minimum Gasteiger partial charge on any atom is -0.271 e. The van der Waals surface area contributed by atoms with Gasteiger partial charge in [-0.2, -0.15) is 0 Å². The van der Waals surface area contributed by atoms with Gasteiger partial charge in [-0.05, 0) is 12.1 Å². The minimum atomic E-state index is -0.933. The standard InChI is InChI=1S/C17H11N5O8/c23-14(18-19-15(24)9-2-1-3-10(6-9)21(27)28)8-20-16(25)12-5-4-11(22(29)30)7-13(12)17(20)26/h1-7H,8H2,(H,18,23)(H,19,24). The third kappa shape index (κ3) is 3.80. The SMILES string of the molecule is O=C(CN1C(=O)c2ccc([N+](=O)[O-])cc2C1=O)NNC(=O)c1cccc([N+](=O)[O-])c1. The van der Waals surface area contributed by atoms with Gasteiger partial charge < -0.3 is 0 Å². The normalized spacial score (nSPS) is 12.3. The Bertz CT molecular complexity index is 1130. The van der Waals surface area contributed by atoms with E-state index in [4.69, 9.17) is 0 Å². The molecule has 3 rings (SSSR count). The number of nitro groups is 2. The number of nitrogens with zero attached hydrogens (tertiary/aromatic N) is 3. The first-order valence-corrected chi connectivity index (χ1v) is 8.17. The Hall–Kier alpha value is -4.68. The van der Waals surface area contributed by atoms with Crippen molar-refractivity contribution in [3.8, 4) is 0 Å². The number of rotatable bonds is 5. The first-order valence-electron chi connectivity index (χ1n) is 8.17. The molecule has 0 aromatic heterocycles. The minimum absolute atomic E-state index is 0.0842. The van der Waals surface area contributed by atoms with Gasteiger partial charge >= 0.3 is 0 Å². The molecule has 0 aliphatic carbocycles. The molecule has 1 aliphatic heterocycles. The molecule has 13 nitrogen and oxygen atoms in total. The molecule has 0 radical (unpaired) electrons.